The zero-order valence-electron chi connectivity index (χ0n) is 38.1. The highest BCUT2D eigenvalue weighted by atomic mass is 15.2. The minimum atomic E-state index is 0.617. The van der Waals surface area contributed by atoms with E-state index in [1.54, 1.807) is 0 Å². The molecule has 0 amide bonds. The van der Waals surface area contributed by atoms with Crippen LogP contribution in [0.1, 0.15) is 74.3 Å². The highest BCUT2D eigenvalue weighted by Crippen LogP contribution is 2.52. The van der Waals surface area contributed by atoms with Gasteiger partial charge < -0.3 is 18.6 Å². The van der Waals surface area contributed by atoms with Crippen LogP contribution in [0.5, 0.6) is 0 Å². The van der Waals surface area contributed by atoms with Crippen molar-refractivity contribution in [1.82, 2.24) is 8.80 Å². The lowest BCUT2D eigenvalue weighted by Crippen LogP contribution is -2.10. The van der Waals surface area contributed by atoms with Crippen molar-refractivity contribution in [1.29, 1.82) is 0 Å². The summed E-state index contributed by atoms with van der Waals surface area (Å²) in [6.07, 6.45) is 10.4. The van der Waals surface area contributed by atoms with Crippen molar-refractivity contribution < 1.29 is 0 Å². The molecule has 0 bridgehead atoms. The zero-order chi connectivity index (χ0) is 44.5. The topological polar surface area (TPSA) is 15.3 Å². The van der Waals surface area contributed by atoms with Crippen molar-refractivity contribution in [3.8, 4) is 0 Å². The van der Waals surface area contributed by atoms with Crippen molar-refractivity contribution >= 4 is 110 Å². The van der Waals surface area contributed by atoms with Gasteiger partial charge in [-0.3, -0.25) is 0 Å². The van der Waals surface area contributed by atoms with E-state index in [0.29, 0.717) is 11.8 Å². The molecule has 0 atom stereocenters. The normalized spacial score (nSPS) is 15.1. The molecule has 0 radical (unpaired) electrons. The molecule has 4 nitrogen and oxygen atoms in total. The second-order valence-corrected chi connectivity index (χ2v) is 19.8. The Labute approximate surface area is 395 Å². The molecule has 4 heterocycles. The fourth-order valence-corrected chi connectivity index (χ4v) is 13.2. The second kappa shape index (κ2) is 14.8. The van der Waals surface area contributed by atoms with E-state index < -0.39 is 0 Å². The number of hydrogen-bond acceptors (Lipinski definition) is 2. The summed E-state index contributed by atoms with van der Waals surface area (Å²) in [6, 6.07) is 73.3. The predicted octanol–water partition coefficient (Wildman–Crippen LogP) is 18.2. The van der Waals surface area contributed by atoms with Crippen LogP contribution in [0.4, 0.5) is 34.1 Å². The molecule has 2 aliphatic carbocycles. The molecule has 0 saturated heterocycles. The lowest BCUT2D eigenvalue weighted by Gasteiger charge is -2.26. The van der Waals surface area contributed by atoms with Gasteiger partial charge in [-0.25, -0.2) is 0 Å². The molecule has 4 heteroatoms. The van der Waals surface area contributed by atoms with Crippen LogP contribution in [0, 0.1) is 0 Å². The molecular weight excluding hydrogens is 825 g/mol. The predicted molar refractivity (Wildman–Crippen MR) is 288 cm³/mol. The molecule has 0 aliphatic heterocycles. The lowest BCUT2D eigenvalue weighted by molar-refractivity contribution is 0.724. The third-order valence-corrected chi connectivity index (χ3v) is 16.2. The van der Waals surface area contributed by atoms with Gasteiger partial charge in [0.05, 0.1) is 44.5 Å². The fraction of sp³-hybridized carbons (Fsp3) is 0.156. The van der Waals surface area contributed by atoms with Gasteiger partial charge in [-0.1, -0.05) is 123 Å². The Hall–Kier alpha value is -7.82. The fourth-order valence-electron chi connectivity index (χ4n) is 13.2. The molecule has 0 unspecified atom stereocenters. The van der Waals surface area contributed by atoms with Crippen LogP contribution in [-0.4, -0.2) is 8.80 Å². The maximum absolute atomic E-state index is 2.61. The Morgan fingerprint density at radius 2 is 0.662 bits per heavy atom. The first kappa shape index (κ1) is 38.3. The van der Waals surface area contributed by atoms with E-state index in [9.17, 15) is 0 Å². The van der Waals surface area contributed by atoms with Gasteiger partial charge in [0.15, 0.2) is 0 Å². The Morgan fingerprint density at radius 3 is 1.01 bits per heavy atom. The number of fused-ring (bicyclic) bond motifs is 12. The van der Waals surface area contributed by atoms with Gasteiger partial charge in [0.1, 0.15) is 0 Å². The summed E-state index contributed by atoms with van der Waals surface area (Å²) in [5.74, 6) is 1.23. The van der Waals surface area contributed by atoms with Crippen LogP contribution in [0.3, 0.4) is 0 Å². The van der Waals surface area contributed by atoms with Crippen molar-refractivity contribution in [3.05, 3.63) is 205 Å². The minimum absolute atomic E-state index is 0.617. The SMILES string of the molecule is c1ccc(N(c2ccccc2)c2ccc3c4cc5c(cc4n4c6ccc(C7CCCC7)cc6c2c34)c2ccc(N(c3ccccc3)c3ccccc3)c3c4cc(C6CCCC6)ccc4n5c23)cc1. The van der Waals surface area contributed by atoms with Crippen molar-refractivity contribution in [2.24, 2.45) is 0 Å². The van der Waals surface area contributed by atoms with Crippen LogP contribution < -0.4 is 9.80 Å². The van der Waals surface area contributed by atoms with E-state index in [2.05, 4.69) is 213 Å². The summed E-state index contributed by atoms with van der Waals surface area (Å²) in [5.41, 5.74) is 17.7. The molecule has 15 rings (SSSR count). The van der Waals surface area contributed by atoms with E-state index in [4.69, 9.17) is 0 Å². The first-order chi connectivity index (χ1) is 33.8. The summed E-state index contributed by atoms with van der Waals surface area (Å²) in [5, 5.41) is 10.5. The Morgan fingerprint density at radius 1 is 0.309 bits per heavy atom. The molecule has 4 aromatic heterocycles. The van der Waals surface area contributed by atoms with Crippen molar-refractivity contribution in [3.63, 3.8) is 0 Å². The molecule has 0 spiro atoms. The summed E-state index contributed by atoms with van der Waals surface area (Å²) >= 11 is 0. The average Bonchev–Trinajstić information content (AvgIpc) is 4.28. The largest absolute Gasteiger partial charge is 0.310 e. The van der Waals surface area contributed by atoms with Crippen LogP contribution >= 0.6 is 0 Å². The number of rotatable bonds is 8. The number of para-hydroxylation sites is 4. The number of hydrogen-bond donors (Lipinski definition) is 0. The van der Waals surface area contributed by atoms with E-state index in [-0.39, 0.29) is 0 Å². The smallest absolute Gasteiger partial charge is 0.0641 e. The highest BCUT2D eigenvalue weighted by Gasteiger charge is 2.29. The van der Waals surface area contributed by atoms with E-state index in [0.717, 1.165) is 22.7 Å². The van der Waals surface area contributed by atoms with Crippen molar-refractivity contribution in [2.75, 3.05) is 9.80 Å². The molecular formula is C64H50N4. The van der Waals surface area contributed by atoms with Gasteiger partial charge in [0, 0.05) is 65.8 Å². The summed E-state index contributed by atoms with van der Waals surface area (Å²) in [7, 11) is 0. The molecule has 2 fully saturated rings. The maximum atomic E-state index is 2.61. The van der Waals surface area contributed by atoms with Crippen molar-refractivity contribution in [2.45, 2.75) is 63.2 Å². The van der Waals surface area contributed by atoms with Crippen LogP contribution in [0.25, 0.3) is 76.2 Å². The summed E-state index contributed by atoms with van der Waals surface area (Å²) in [6.45, 7) is 0. The molecule has 13 aromatic rings. The summed E-state index contributed by atoms with van der Waals surface area (Å²) in [4.78, 5) is 4.94. The van der Waals surface area contributed by atoms with Gasteiger partial charge in [-0.15, -0.1) is 0 Å². The first-order valence-electron chi connectivity index (χ1n) is 25.0. The van der Waals surface area contributed by atoms with Gasteiger partial charge in [0.2, 0.25) is 0 Å². The zero-order valence-corrected chi connectivity index (χ0v) is 38.1. The van der Waals surface area contributed by atoms with Gasteiger partial charge in [0.25, 0.3) is 0 Å². The summed E-state index contributed by atoms with van der Waals surface area (Å²) < 4.78 is 5.23. The maximum Gasteiger partial charge on any atom is 0.0641 e. The monoisotopic (exact) mass is 874 g/mol. The average molecular weight is 875 g/mol. The quantitative estimate of drug-likeness (QED) is 0.151. The Kier molecular flexibility index (Phi) is 8.36. The molecule has 2 saturated carbocycles. The lowest BCUT2D eigenvalue weighted by atomic mass is 9.95. The number of aromatic nitrogens is 2. The van der Waals surface area contributed by atoms with Crippen LogP contribution in [0.2, 0.25) is 0 Å². The minimum Gasteiger partial charge on any atom is -0.310 e. The molecule has 68 heavy (non-hydrogen) atoms. The van der Waals surface area contributed by atoms with E-state index in [1.165, 1.54) is 150 Å². The first-order valence-corrected chi connectivity index (χ1v) is 25.0. The third-order valence-electron chi connectivity index (χ3n) is 16.2. The van der Waals surface area contributed by atoms with Crippen LogP contribution in [0.15, 0.2) is 194 Å². The standard InChI is InChI=1S/C64H50N4/c1-5-21-45(22-6-1)65(46-23-7-2-8-24-46)57-35-31-49-51-39-60-52(40-59(51)67-55-33-29-43(41-17-13-14-18-41)37-53(55)61(57)63(49)67)50-32-36-58(66(47-25-9-3-10-26-47)48-27-11-4-12-28-48)62-54-38-44(42-19-15-16-20-42)30-34-56(54)68(60)64(50)62/h1-12,21-42H,13-20H2. The Balaban J connectivity index is 1.05. The van der Waals surface area contributed by atoms with Gasteiger partial charge >= 0.3 is 0 Å². The number of nitrogens with zero attached hydrogens (tertiary/aromatic N) is 4. The Bertz CT molecular complexity index is 3680. The molecule has 2 aliphatic rings. The number of benzene rings is 9. The highest BCUT2D eigenvalue weighted by molar-refractivity contribution is 6.32. The van der Waals surface area contributed by atoms with Gasteiger partial charge in [-0.2, -0.15) is 0 Å². The van der Waals surface area contributed by atoms with E-state index in [1.807, 2.05) is 0 Å². The molecule has 326 valence electrons. The molecule has 9 aromatic carbocycles. The van der Waals surface area contributed by atoms with Gasteiger partial charge in [-0.05, 0) is 146 Å². The number of anilines is 6. The van der Waals surface area contributed by atoms with E-state index >= 15 is 0 Å². The third kappa shape index (κ3) is 5.49. The molecule has 0 N–H and O–H groups in total. The van der Waals surface area contributed by atoms with Crippen LogP contribution in [-0.2, 0) is 0 Å². The second-order valence-electron chi connectivity index (χ2n) is 19.8.